The first-order valence-electron chi connectivity index (χ1n) is 5.60. The molecule has 1 aliphatic carbocycles. The highest BCUT2D eigenvalue weighted by Gasteiger charge is 2.30. The van der Waals surface area contributed by atoms with Crippen LogP contribution < -0.4 is 5.32 Å². The van der Waals surface area contributed by atoms with Crippen molar-refractivity contribution >= 4 is 11.8 Å². The van der Waals surface area contributed by atoms with Crippen molar-refractivity contribution in [2.75, 3.05) is 6.26 Å². The molecule has 15 heavy (non-hydrogen) atoms. The maximum Gasteiger partial charge on any atom is 0.0210 e. The maximum absolute atomic E-state index is 3.64. The standard InChI is InChI=1S/C13H19NS/c1-13(8-3-9-13)14-10-11-4-6-12(15-2)7-5-11/h4-7,14H,3,8-10H2,1-2H3. The van der Waals surface area contributed by atoms with Gasteiger partial charge in [0.05, 0.1) is 0 Å². The summed E-state index contributed by atoms with van der Waals surface area (Å²) < 4.78 is 0. The molecule has 1 aromatic rings. The Balaban J connectivity index is 1.87. The summed E-state index contributed by atoms with van der Waals surface area (Å²) >= 11 is 1.80. The van der Waals surface area contributed by atoms with Crippen LogP contribution in [0.2, 0.25) is 0 Å². The van der Waals surface area contributed by atoms with Gasteiger partial charge in [-0.2, -0.15) is 0 Å². The quantitative estimate of drug-likeness (QED) is 0.782. The molecule has 0 heterocycles. The lowest BCUT2D eigenvalue weighted by molar-refractivity contribution is 0.207. The summed E-state index contributed by atoms with van der Waals surface area (Å²) in [5.74, 6) is 0. The minimum Gasteiger partial charge on any atom is -0.307 e. The number of hydrogen-bond acceptors (Lipinski definition) is 2. The second-order valence-electron chi connectivity index (χ2n) is 4.62. The Bertz CT molecular complexity index is 314. The summed E-state index contributed by atoms with van der Waals surface area (Å²) in [5, 5.41) is 3.64. The Kier molecular flexibility index (Phi) is 3.37. The molecule has 0 amide bonds. The van der Waals surface area contributed by atoms with Gasteiger partial charge in [-0.15, -0.1) is 11.8 Å². The summed E-state index contributed by atoms with van der Waals surface area (Å²) in [5.41, 5.74) is 1.80. The predicted octanol–water partition coefficient (Wildman–Crippen LogP) is 3.44. The monoisotopic (exact) mass is 221 g/mol. The normalized spacial score (nSPS) is 18.5. The van der Waals surface area contributed by atoms with E-state index in [0.717, 1.165) is 6.54 Å². The van der Waals surface area contributed by atoms with Crippen molar-refractivity contribution in [3.8, 4) is 0 Å². The molecule has 1 fully saturated rings. The zero-order chi connectivity index (χ0) is 10.7. The van der Waals surface area contributed by atoms with Gasteiger partial charge in [0, 0.05) is 17.0 Å². The topological polar surface area (TPSA) is 12.0 Å². The highest BCUT2D eigenvalue weighted by atomic mass is 32.2. The van der Waals surface area contributed by atoms with Crippen LogP contribution in [0.4, 0.5) is 0 Å². The van der Waals surface area contributed by atoms with E-state index < -0.39 is 0 Å². The molecule has 1 saturated carbocycles. The van der Waals surface area contributed by atoms with Crippen LogP contribution in [0.15, 0.2) is 29.2 Å². The number of hydrogen-bond donors (Lipinski definition) is 1. The first kappa shape index (κ1) is 11.0. The molecule has 2 heteroatoms. The molecule has 82 valence electrons. The largest absolute Gasteiger partial charge is 0.307 e. The second-order valence-corrected chi connectivity index (χ2v) is 5.50. The van der Waals surface area contributed by atoms with Crippen molar-refractivity contribution in [2.24, 2.45) is 0 Å². The Labute approximate surface area is 96.7 Å². The van der Waals surface area contributed by atoms with Gasteiger partial charge in [-0.3, -0.25) is 0 Å². The molecule has 1 aromatic carbocycles. The molecule has 0 unspecified atom stereocenters. The number of rotatable bonds is 4. The molecule has 1 N–H and O–H groups in total. The molecule has 0 spiro atoms. The smallest absolute Gasteiger partial charge is 0.0210 e. The number of thioether (sulfide) groups is 1. The third-order valence-corrected chi connectivity index (χ3v) is 4.08. The van der Waals surface area contributed by atoms with Crippen molar-refractivity contribution in [1.29, 1.82) is 0 Å². The average molecular weight is 221 g/mol. The molecular formula is C13H19NS. The van der Waals surface area contributed by atoms with E-state index in [1.165, 1.54) is 29.7 Å². The van der Waals surface area contributed by atoms with Crippen LogP contribution in [0.25, 0.3) is 0 Å². The van der Waals surface area contributed by atoms with Crippen LogP contribution >= 0.6 is 11.8 Å². The first-order valence-corrected chi connectivity index (χ1v) is 6.82. The van der Waals surface area contributed by atoms with Crippen molar-refractivity contribution in [3.63, 3.8) is 0 Å². The molecule has 2 rings (SSSR count). The molecular weight excluding hydrogens is 202 g/mol. The molecule has 0 radical (unpaired) electrons. The molecule has 0 bridgehead atoms. The zero-order valence-electron chi connectivity index (χ0n) is 9.55. The van der Waals surface area contributed by atoms with Crippen LogP contribution in [0, 0.1) is 0 Å². The van der Waals surface area contributed by atoms with E-state index in [0.29, 0.717) is 5.54 Å². The molecule has 0 aliphatic heterocycles. The third kappa shape index (κ3) is 2.76. The Morgan fingerprint density at radius 1 is 1.27 bits per heavy atom. The fraction of sp³-hybridized carbons (Fsp3) is 0.538. The van der Waals surface area contributed by atoms with E-state index in [1.807, 2.05) is 0 Å². The minimum absolute atomic E-state index is 0.415. The van der Waals surface area contributed by atoms with Crippen molar-refractivity contribution in [3.05, 3.63) is 29.8 Å². The summed E-state index contributed by atoms with van der Waals surface area (Å²) in [6, 6.07) is 8.84. The summed E-state index contributed by atoms with van der Waals surface area (Å²) in [4.78, 5) is 1.34. The van der Waals surface area contributed by atoms with Crippen LogP contribution in [0.1, 0.15) is 31.7 Å². The van der Waals surface area contributed by atoms with Gasteiger partial charge < -0.3 is 5.32 Å². The lowest BCUT2D eigenvalue weighted by Gasteiger charge is -2.39. The molecule has 0 atom stereocenters. The highest BCUT2D eigenvalue weighted by Crippen LogP contribution is 2.31. The van der Waals surface area contributed by atoms with Gasteiger partial charge in [0.15, 0.2) is 0 Å². The van der Waals surface area contributed by atoms with Gasteiger partial charge in [-0.05, 0) is 50.1 Å². The summed E-state index contributed by atoms with van der Waals surface area (Å²) in [7, 11) is 0. The number of benzene rings is 1. The average Bonchev–Trinajstić information content (AvgIpc) is 2.24. The second kappa shape index (κ2) is 4.58. The van der Waals surface area contributed by atoms with E-state index in [-0.39, 0.29) is 0 Å². The fourth-order valence-electron chi connectivity index (χ4n) is 1.94. The highest BCUT2D eigenvalue weighted by molar-refractivity contribution is 7.98. The van der Waals surface area contributed by atoms with Gasteiger partial charge in [0.2, 0.25) is 0 Å². The van der Waals surface area contributed by atoms with Crippen molar-refractivity contribution in [1.82, 2.24) is 5.32 Å². The lowest BCUT2D eigenvalue weighted by Crippen LogP contribution is -2.47. The Morgan fingerprint density at radius 2 is 1.93 bits per heavy atom. The van der Waals surface area contributed by atoms with E-state index in [4.69, 9.17) is 0 Å². The lowest BCUT2D eigenvalue weighted by atomic mass is 9.78. The van der Waals surface area contributed by atoms with Crippen LogP contribution in [-0.4, -0.2) is 11.8 Å². The van der Waals surface area contributed by atoms with Crippen molar-refractivity contribution < 1.29 is 0 Å². The van der Waals surface area contributed by atoms with Gasteiger partial charge in [-0.1, -0.05) is 12.1 Å². The maximum atomic E-state index is 3.64. The van der Waals surface area contributed by atoms with Crippen molar-refractivity contribution in [2.45, 2.75) is 43.2 Å². The first-order chi connectivity index (χ1) is 7.22. The zero-order valence-corrected chi connectivity index (χ0v) is 10.4. The Morgan fingerprint density at radius 3 is 2.40 bits per heavy atom. The predicted molar refractivity (Wildman–Crippen MR) is 67.3 cm³/mol. The van der Waals surface area contributed by atoms with Crippen LogP contribution in [0.5, 0.6) is 0 Å². The minimum atomic E-state index is 0.415. The van der Waals surface area contributed by atoms with E-state index >= 15 is 0 Å². The van der Waals surface area contributed by atoms with Crippen LogP contribution in [0.3, 0.4) is 0 Å². The number of nitrogens with one attached hydrogen (secondary N) is 1. The van der Waals surface area contributed by atoms with E-state index in [9.17, 15) is 0 Å². The van der Waals surface area contributed by atoms with Crippen LogP contribution in [-0.2, 0) is 6.54 Å². The van der Waals surface area contributed by atoms with Gasteiger partial charge >= 0.3 is 0 Å². The summed E-state index contributed by atoms with van der Waals surface area (Å²) in [6.45, 7) is 3.33. The third-order valence-electron chi connectivity index (χ3n) is 3.34. The molecule has 0 saturated heterocycles. The molecule has 0 aromatic heterocycles. The molecule has 1 nitrogen and oxygen atoms in total. The molecule has 1 aliphatic rings. The van der Waals surface area contributed by atoms with Gasteiger partial charge in [-0.25, -0.2) is 0 Å². The van der Waals surface area contributed by atoms with Gasteiger partial charge in [0.1, 0.15) is 0 Å². The Hall–Kier alpha value is -0.470. The fourth-order valence-corrected chi connectivity index (χ4v) is 2.35. The summed E-state index contributed by atoms with van der Waals surface area (Å²) in [6.07, 6.45) is 6.16. The van der Waals surface area contributed by atoms with Gasteiger partial charge in [0.25, 0.3) is 0 Å². The van der Waals surface area contributed by atoms with E-state index in [1.54, 1.807) is 11.8 Å². The SMILES string of the molecule is CSc1ccc(CNC2(C)CCC2)cc1. The van der Waals surface area contributed by atoms with E-state index in [2.05, 4.69) is 42.8 Å².